The fraction of sp³-hybridized carbons (Fsp3) is 0.267. The number of rotatable bonds is 4. The fourth-order valence-corrected chi connectivity index (χ4v) is 2.53. The van der Waals surface area contributed by atoms with Gasteiger partial charge in [0.15, 0.2) is 5.78 Å². The van der Waals surface area contributed by atoms with Gasteiger partial charge in [-0.05, 0) is 47.0 Å². The van der Waals surface area contributed by atoms with Gasteiger partial charge in [0.1, 0.15) is 11.6 Å². The number of nitrogens with zero attached hydrogens (tertiary/aromatic N) is 1. The van der Waals surface area contributed by atoms with Crippen molar-refractivity contribution in [1.82, 2.24) is 4.57 Å². The van der Waals surface area contributed by atoms with Crippen LogP contribution in [0.15, 0.2) is 35.1 Å². The van der Waals surface area contributed by atoms with E-state index >= 15 is 0 Å². The summed E-state index contributed by atoms with van der Waals surface area (Å²) in [5.74, 6) is -0.924. The summed E-state index contributed by atoms with van der Waals surface area (Å²) in [5, 5.41) is 0. The lowest BCUT2D eigenvalue weighted by Crippen LogP contribution is -2.04. The maximum atomic E-state index is 13.9. The third kappa shape index (κ3) is 2.54. The molecule has 0 amide bonds. The number of Topliss-reactive ketones (excluding diaryl/α,β-unsaturated/α-hetero) is 1. The van der Waals surface area contributed by atoms with Gasteiger partial charge in [-0.15, -0.1) is 0 Å². The standard InChI is InChI=1S/C15H12BrF2NO/c16-12-3-4-13(17)11(14(12)18)8-19-6-5-10(7-19)15(20)9-1-2-9/h3-7,9H,1-2,8H2. The molecular formula is C15H12BrF2NO. The predicted octanol–water partition coefficient (Wildman–Crippen LogP) is 4.17. The first-order valence-electron chi connectivity index (χ1n) is 6.38. The largest absolute Gasteiger partial charge is 0.349 e. The number of hydrogen-bond donors (Lipinski definition) is 0. The second-order valence-electron chi connectivity index (χ2n) is 5.03. The number of halogens is 3. The number of aromatic nitrogens is 1. The van der Waals surface area contributed by atoms with Gasteiger partial charge < -0.3 is 4.57 Å². The number of carbonyl (C=O) groups excluding carboxylic acids is 1. The van der Waals surface area contributed by atoms with Gasteiger partial charge >= 0.3 is 0 Å². The molecular weight excluding hydrogens is 328 g/mol. The van der Waals surface area contributed by atoms with Crippen LogP contribution in [-0.2, 0) is 6.54 Å². The highest BCUT2D eigenvalue weighted by Crippen LogP contribution is 2.32. The summed E-state index contributed by atoms with van der Waals surface area (Å²) in [7, 11) is 0. The third-order valence-electron chi connectivity index (χ3n) is 3.46. The van der Waals surface area contributed by atoms with Crippen LogP contribution in [0.4, 0.5) is 8.78 Å². The molecule has 1 heterocycles. The zero-order valence-corrected chi connectivity index (χ0v) is 12.2. The fourth-order valence-electron chi connectivity index (χ4n) is 2.16. The molecule has 0 atom stereocenters. The molecule has 1 aromatic carbocycles. The van der Waals surface area contributed by atoms with Crippen molar-refractivity contribution in [2.75, 3.05) is 0 Å². The van der Waals surface area contributed by atoms with Crippen molar-refractivity contribution in [3.8, 4) is 0 Å². The molecule has 0 N–H and O–H groups in total. The Balaban J connectivity index is 1.85. The minimum Gasteiger partial charge on any atom is -0.349 e. The van der Waals surface area contributed by atoms with E-state index in [4.69, 9.17) is 0 Å². The number of hydrogen-bond acceptors (Lipinski definition) is 1. The van der Waals surface area contributed by atoms with Crippen LogP contribution in [0.3, 0.4) is 0 Å². The van der Waals surface area contributed by atoms with Crippen LogP contribution in [0.25, 0.3) is 0 Å². The van der Waals surface area contributed by atoms with Crippen molar-refractivity contribution >= 4 is 21.7 Å². The highest BCUT2D eigenvalue weighted by Gasteiger charge is 2.30. The average Bonchev–Trinajstić information content (AvgIpc) is 3.18. The maximum absolute atomic E-state index is 13.9. The minimum atomic E-state index is -0.603. The Morgan fingerprint density at radius 1 is 1.30 bits per heavy atom. The van der Waals surface area contributed by atoms with E-state index in [-0.39, 0.29) is 28.3 Å². The van der Waals surface area contributed by atoms with Gasteiger partial charge in [-0.1, -0.05) is 0 Å². The molecule has 1 aliphatic rings. The van der Waals surface area contributed by atoms with E-state index in [0.717, 1.165) is 12.8 Å². The van der Waals surface area contributed by atoms with Crippen LogP contribution < -0.4 is 0 Å². The lowest BCUT2D eigenvalue weighted by atomic mass is 10.1. The van der Waals surface area contributed by atoms with Crippen LogP contribution in [-0.4, -0.2) is 10.4 Å². The molecule has 20 heavy (non-hydrogen) atoms. The van der Waals surface area contributed by atoms with Gasteiger partial charge in [-0.3, -0.25) is 4.79 Å². The molecule has 1 aromatic heterocycles. The molecule has 0 unspecified atom stereocenters. The van der Waals surface area contributed by atoms with E-state index in [9.17, 15) is 13.6 Å². The number of ketones is 1. The quantitative estimate of drug-likeness (QED) is 0.605. The Labute approximate surface area is 123 Å². The Morgan fingerprint density at radius 2 is 2.05 bits per heavy atom. The molecule has 2 aromatic rings. The molecule has 1 saturated carbocycles. The Bertz CT molecular complexity index is 677. The van der Waals surface area contributed by atoms with Crippen LogP contribution in [0.5, 0.6) is 0 Å². The van der Waals surface area contributed by atoms with Crippen molar-refractivity contribution in [3.63, 3.8) is 0 Å². The summed E-state index contributed by atoms with van der Waals surface area (Å²) >= 11 is 3.04. The smallest absolute Gasteiger partial charge is 0.167 e. The SMILES string of the molecule is O=C(c1ccn(Cc2c(F)ccc(Br)c2F)c1)C1CC1. The molecule has 0 aliphatic heterocycles. The van der Waals surface area contributed by atoms with Gasteiger partial charge in [0, 0.05) is 29.4 Å². The highest BCUT2D eigenvalue weighted by molar-refractivity contribution is 9.10. The van der Waals surface area contributed by atoms with E-state index < -0.39 is 11.6 Å². The first-order valence-corrected chi connectivity index (χ1v) is 7.18. The molecule has 0 spiro atoms. The summed E-state index contributed by atoms with van der Waals surface area (Å²) in [5.41, 5.74) is 0.601. The molecule has 3 rings (SSSR count). The predicted molar refractivity (Wildman–Crippen MR) is 74.6 cm³/mol. The van der Waals surface area contributed by atoms with Gasteiger partial charge in [0.25, 0.3) is 0 Å². The number of benzene rings is 1. The minimum absolute atomic E-state index is 0.0135. The summed E-state index contributed by atoms with van der Waals surface area (Å²) in [6, 6.07) is 4.27. The Kier molecular flexibility index (Phi) is 3.46. The highest BCUT2D eigenvalue weighted by atomic mass is 79.9. The van der Waals surface area contributed by atoms with Gasteiger partial charge in [-0.2, -0.15) is 0 Å². The summed E-state index contributed by atoms with van der Waals surface area (Å²) in [6.07, 6.45) is 5.22. The van der Waals surface area contributed by atoms with Crippen LogP contribution in [0.1, 0.15) is 28.8 Å². The van der Waals surface area contributed by atoms with Crippen molar-refractivity contribution < 1.29 is 13.6 Å². The zero-order chi connectivity index (χ0) is 14.3. The first kappa shape index (κ1) is 13.5. The molecule has 0 saturated heterocycles. The van der Waals surface area contributed by atoms with Crippen molar-refractivity contribution in [2.45, 2.75) is 19.4 Å². The lowest BCUT2D eigenvalue weighted by Gasteiger charge is -2.07. The zero-order valence-electron chi connectivity index (χ0n) is 10.6. The van der Waals surface area contributed by atoms with Gasteiger partial charge in [-0.25, -0.2) is 8.78 Å². The van der Waals surface area contributed by atoms with Crippen molar-refractivity contribution in [2.24, 2.45) is 5.92 Å². The molecule has 5 heteroatoms. The van der Waals surface area contributed by atoms with Crippen LogP contribution in [0, 0.1) is 17.6 Å². The van der Waals surface area contributed by atoms with Crippen molar-refractivity contribution in [3.05, 3.63) is 57.8 Å². The van der Waals surface area contributed by atoms with Gasteiger partial charge in [0.05, 0.1) is 11.0 Å². The topological polar surface area (TPSA) is 22.0 Å². The second-order valence-corrected chi connectivity index (χ2v) is 5.89. The van der Waals surface area contributed by atoms with Gasteiger partial charge in [0.2, 0.25) is 0 Å². The lowest BCUT2D eigenvalue weighted by molar-refractivity contribution is 0.0967. The van der Waals surface area contributed by atoms with E-state index in [1.807, 2.05) is 0 Å². The molecule has 0 bridgehead atoms. The van der Waals surface area contributed by atoms with Crippen LogP contribution in [0.2, 0.25) is 0 Å². The summed E-state index contributed by atoms with van der Waals surface area (Å²) < 4.78 is 29.4. The molecule has 0 radical (unpaired) electrons. The summed E-state index contributed by atoms with van der Waals surface area (Å²) in [6.45, 7) is 0.0645. The monoisotopic (exact) mass is 339 g/mol. The second kappa shape index (κ2) is 5.13. The van der Waals surface area contributed by atoms with E-state index in [2.05, 4.69) is 15.9 Å². The Hall–Kier alpha value is -1.49. The molecule has 1 fully saturated rings. The van der Waals surface area contributed by atoms with E-state index in [1.54, 1.807) is 23.0 Å². The van der Waals surface area contributed by atoms with Crippen molar-refractivity contribution in [1.29, 1.82) is 0 Å². The normalized spacial score (nSPS) is 14.6. The number of carbonyl (C=O) groups is 1. The molecule has 2 nitrogen and oxygen atoms in total. The maximum Gasteiger partial charge on any atom is 0.167 e. The average molecular weight is 340 g/mol. The van der Waals surface area contributed by atoms with E-state index in [0.29, 0.717) is 5.56 Å². The summed E-state index contributed by atoms with van der Waals surface area (Å²) in [4.78, 5) is 11.9. The van der Waals surface area contributed by atoms with Crippen LogP contribution >= 0.6 is 15.9 Å². The molecule has 1 aliphatic carbocycles. The molecule has 104 valence electrons. The Morgan fingerprint density at radius 3 is 2.75 bits per heavy atom. The van der Waals surface area contributed by atoms with E-state index in [1.165, 1.54) is 12.1 Å². The third-order valence-corrected chi connectivity index (χ3v) is 4.08. The first-order chi connectivity index (χ1) is 9.56.